The van der Waals surface area contributed by atoms with E-state index in [0.29, 0.717) is 5.82 Å². The van der Waals surface area contributed by atoms with Crippen molar-refractivity contribution in [2.75, 3.05) is 9.80 Å². The van der Waals surface area contributed by atoms with Crippen molar-refractivity contribution < 1.29 is 0 Å². The summed E-state index contributed by atoms with van der Waals surface area (Å²) in [5, 5.41) is 20.2. The molecule has 79 heavy (non-hydrogen) atoms. The summed E-state index contributed by atoms with van der Waals surface area (Å²) >= 11 is 0. The predicted octanol–water partition coefficient (Wildman–Crippen LogP) is 17.1. The van der Waals surface area contributed by atoms with Crippen LogP contribution in [0, 0.1) is 0 Å². The van der Waals surface area contributed by atoms with Gasteiger partial charge in [0, 0.05) is 50.5 Å². The van der Waals surface area contributed by atoms with Crippen LogP contribution in [-0.2, 0) is 0 Å². The van der Waals surface area contributed by atoms with E-state index in [0.717, 1.165) is 39.4 Å². The lowest BCUT2D eigenvalue weighted by molar-refractivity contribution is 1.06. The minimum absolute atomic E-state index is 0.205. The van der Waals surface area contributed by atoms with Crippen molar-refractivity contribution in [2.45, 2.75) is 0 Å². The number of fused-ring (bicyclic) bond motifs is 10. The molecule has 5 nitrogen and oxygen atoms in total. The number of hydrogen-bond acceptors (Lipinski definition) is 5. The highest BCUT2D eigenvalue weighted by Crippen LogP contribution is 2.53. The Hall–Kier alpha value is -10.4. The van der Waals surface area contributed by atoms with Crippen molar-refractivity contribution in [3.05, 3.63) is 255 Å². The Bertz CT molecular complexity index is 4870. The Morgan fingerprint density at radius 1 is 0.291 bits per heavy atom. The number of anilines is 6. The number of benzene rings is 15. The van der Waals surface area contributed by atoms with Gasteiger partial charge in [0.15, 0.2) is 5.82 Å². The number of rotatable bonds is 5. The zero-order valence-electron chi connectivity index (χ0n) is 42.6. The third-order valence-corrected chi connectivity index (χ3v) is 17.5. The number of aromatic nitrogens is 3. The van der Waals surface area contributed by atoms with Gasteiger partial charge in [0.2, 0.25) is 0 Å². The molecule has 0 fully saturated rings. The Morgan fingerprint density at radius 3 is 1.09 bits per heavy atom. The highest BCUT2D eigenvalue weighted by molar-refractivity contribution is 7.01. The third kappa shape index (κ3) is 5.92. The zero-order valence-corrected chi connectivity index (χ0v) is 42.6. The van der Waals surface area contributed by atoms with E-state index in [4.69, 9.17) is 9.97 Å². The normalized spacial score (nSPS) is 13.0. The summed E-state index contributed by atoms with van der Waals surface area (Å²) in [5.74, 6) is 0.615. The van der Waals surface area contributed by atoms with Gasteiger partial charge in [-0.3, -0.25) is 0 Å². The molecule has 0 saturated carbocycles. The summed E-state index contributed by atoms with van der Waals surface area (Å²) in [6.45, 7) is -0.205. The van der Waals surface area contributed by atoms with Crippen molar-refractivity contribution in [3.8, 4) is 33.6 Å². The average Bonchev–Trinajstić information content (AvgIpc) is 3.69. The first-order valence-electron chi connectivity index (χ1n) is 27.2. The molecule has 2 aliphatic heterocycles. The van der Waals surface area contributed by atoms with E-state index >= 15 is 0 Å². The van der Waals surface area contributed by atoms with Gasteiger partial charge in [0.05, 0.1) is 0 Å². The molecule has 6 heteroatoms. The minimum Gasteiger partial charge on any atom is -0.311 e. The second-order valence-electron chi connectivity index (χ2n) is 21.4. The van der Waals surface area contributed by atoms with Crippen molar-refractivity contribution in [1.29, 1.82) is 0 Å². The minimum atomic E-state index is -0.205. The maximum atomic E-state index is 4.89. The smallest absolute Gasteiger partial charge is 0.252 e. The van der Waals surface area contributed by atoms with Crippen LogP contribution < -0.4 is 26.2 Å². The van der Waals surface area contributed by atoms with Gasteiger partial charge in [-0.05, 0) is 150 Å². The van der Waals surface area contributed by atoms with E-state index in [1.165, 1.54) is 125 Å². The second-order valence-corrected chi connectivity index (χ2v) is 21.4. The molecule has 15 aromatic carbocycles. The lowest BCUT2D eigenvalue weighted by Gasteiger charge is -2.45. The first kappa shape index (κ1) is 42.8. The quantitative estimate of drug-likeness (QED) is 0.0977. The molecule has 3 heterocycles. The summed E-state index contributed by atoms with van der Waals surface area (Å²) in [4.78, 5) is 19.2. The van der Waals surface area contributed by atoms with Gasteiger partial charge < -0.3 is 9.80 Å². The second kappa shape index (κ2) is 16.1. The molecule has 0 atom stereocenters. The van der Waals surface area contributed by atoms with Gasteiger partial charge in [-0.15, -0.1) is 0 Å². The fraction of sp³-hybridized carbons (Fsp3) is 0. The first-order valence-corrected chi connectivity index (χ1v) is 27.2. The SMILES string of the molecule is c1ccc(-c2ccc(N3c4cc(-c5ncncn5)cc5c4B(c4cc6c7cccc8cccc(c9cccc(c43)c96)c87)c3cc4c6cccc7cccc(c8cccc(c3N5c3ccc(-c5ccccc5)cc3)c84)c76)cc2)cc1. The lowest BCUT2D eigenvalue weighted by Crippen LogP contribution is -2.61. The monoisotopic (exact) mass is 999 g/mol. The fourth-order valence-corrected chi connectivity index (χ4v) is 14.3. The van der Waals surface area contributed by atoms with Crippen LogP contribution in [0.15, 0.2) is 255 Å². The molecule has 0 radical (unpaired) electrons. The molecule has 0 unspecified atom stereocenters. The molecule has 2 aliphatic rings. The summed E-state index contributed by atoms with van der Waals surface area (Å²) in [5.41, 5.74) is 16.0. The number of hydrogen-bond donors (Lipinski definition) is 0. The van der Waals surface area contributed by atoms with Crippen LogP contribution in [-0.4, -0.2) is 21.7 Å². The van der Waals surface area contributed by atoms with Gasteiger partial charge >= 0.3 is 0 Å². The van der Waals surface area contributed by atoms with Crippen molar-refractivity contribution >= 4 is 143 Å². The Morgan fingerprint density at radius 2 is 0.658 bits per heavy atom. The Labute approximate surface area is 454 Å². The topological polar surface area (TPSA) is 45.2 Å². The van der Waals surface area contributed by atoms with E-state index in [-0.39, 0.29) is 6.71 Å². The van der Waals surface area contributed by atoms with E-state index in [1.807, 2.05) is 0 Å². The summed E-state index contributed by atoms with van der Waals surface area (Å²) in [6, 6.07) is 90.9. The molecule has 0 spiro atoms. The molecule has 0 N–H and O–H groups in total. The molecule has 362 valence electrons. The number of nitrogens with zero attached hydrogens (tertiary/aromatic N) is 5. The summed E-state index contributed by atoms with van der Waals surface area (Å²) < 4.78 is 0. The Balaban J connectivity index is 1.03. The van der Waals surface area contributed by atoms with Crippen LogP contribution in [0.2, 0.25) is 0 Å². The van der Waals surface area contributed by atoms with E-state index in [9.17, 15) is 0 Å². The molecule has 18 rings (SSSR count). The van der Waals surface area contributed by atoms with Crippen LogP contribution >= 0.6 is 0 Å². The molecule has 16 aromatic rings. The molecule has 0 bridgehead atoms. The third-order valence-electron chi connectivity index (χ3n) is 17.5. The maximum Gasteiger partial charge on any atom is 0.252 e. The van der Waals surface area contributed by atoms with Gasteiger partial charge in [-0.2, -0.15) is 0 Å². The van der Waals surface area contributed by atoms with Crippen LogP contribution in [0.5, 0.6) is 0 Å². The van der Waals surface area contributed by atoms with Gasteiger partial charge in [-0.25, -0.2) is 15.0 Å². The standard InChI is InChI=1S/C73H42BN5/c1-3-13-43(14-4-1)45-29-33-50(34-30-45)78-64-37-49(73-76-41-75-42-77-73)38-65-70(64)74(62-39-60-56-23-9-19-47-17-7-21-52(66(47)56)54-25-11-27-58(68(54)60)71(62)78)63-40-61-57-24-10-20-48-18-8-22-53(67(48)57)55-26-12-28-59(69(55)61)72(63)79(65)51-35-31-46(32-36-51)44-15-5-2-6-16-44/h1-42H. The molecule has 0 amide bonds. The highest BCUT2D eigenvalue weighted by Gasteiger charge is 2.46. The van der Waals surface area contributed by atoms with Crippen LogP contribution in [0.4, 0.5) is 34.1 Å². The largest absolute Gasteiger partial charge is 0.311 e. The van der Waals surface area contributed by atoms with Gasteiger partial charge in [-0.1, -0.05) is 206 Å². The van der Waals surface area contributed by atoms with E-state index < -0.39 is 0 Å². The molecule has 0 aliphatic carbocycles. The zero-order chi connectivity index (χ0) is 51.4. The molecular weight excluding hydrogens is 958 g/mol. The highest BCUT2D eigenvalue weighted by atomic mass is 15.2. The van der Waals surface area contributed by atoms with Crippen molar-refractivity contribution in [3.63, 3.8) is 0 Å². The van der Waals surface area contributed by atoms with Crippen LogP contribution in [0.1, 0.15) is 0 Å². The molecule has 1 aromatic heterocycles. The van der Waals surface area contributed by atoms with Gasteiger partial charge in [0.25, 0.3) is 6.71 Å². The Kier molecular flexibility index (Phi) is 8.69. The lowest BCUT2D eigenvalue weighted by atomic mass is 9.33. The van der Waals surface area contributed by atoms with E-state index in [1.54, 1.807) is 12.7 Å². The maximum absolute atomic E-state index is 4.89. The average molecular weight is 1000 g/mol. The van der Waals surface area contributed by atoms with Crippen LogP contribution in [0.3, 0.4) is 0 Å². The summed E-state index contributed by atoms with van der Waals surface area (Å²) in [7, 11) is 0. The first-order chi connectivity index (χ1) is 39.2. The predicted molar refractivity (Wildman–Crippen MR) is 333 cm³/mol. The van der Waals surface area contributed by atoms with Gasteiger partial charge in [0.1, 0.15) is 12.7 Å². The molecular formula is C73H42BN5. The summed E-state index contributed by atoms with van der Waals surface area (Å²) in [6.07, 6.45) is 3.23. The molecule has 0 saturated heterocycles. The van der Waals surface area contributed by atoms with Crippen molar-refractivity contribution in [2.24, 2.45) is 0 Å². The van der Waals surface area contributed by atoms with E-state index in [2.05, 4.69) is 257 Å². The van der Waals surface area contributed by atoms with Crippen molar-refractivity contribution in [1.82, 2.24) is 15.0 Å². The van der Waals surface area contributed by atoms with Crippen LogP contribution in [0.25, 0.3) is 120 Å². The fourth-order valence-electron chi connectivity index (χ4n) is 14.3.